The molecule has 11 N–H and O–H groups in total. The molecule has 1 aromatic heterocycles. The molecule has 1 aliphatic heterocycles. The van der Waals surface area contributed by atoms with E-state index in [1.54, 1.807) is 42.0 Å². The molecular formula is C59H90N6O8S2. The molecule has 16 heteroatoms. The van der Waals surface area contributed by atoms with Crippen LogP contribution in [0.15, 0.2) is 57.7 Å². The van der Waals surface area contributed by atoms with Crippen molar-refractivity contribution in [2.75, 3.05) is 39.1 Å². The van der Waals surface area contributed by atoms with E-state index in [1.807, 2.05) is 23.3 Å². The maximum Gasteiger partial charge on any atom is 0.190 e. The topological polar surface area (TPSA) is 239 Å². The number of nitrogens with zero attached hydrogens (tertiary/aromatic N) is 3. The second-order valence-corrected chi connectivity index (χ2v) is 29.4. The second kappa shape index (κ2) is 20.7. The second-order valence-electron chi connectivity index (χ2n) is 26.8. The number of rotatable bonds is 10. The van der Waals surface area contributed by atoms with Crippen molar-refractivity contribution in [2.24, 2.45) is 91.6 Å². The maximum absolute atomic E-state index is 15.4. The number of guanidine groups is 1. The highest BCUT2D eigenvalue weighted by atomic mass is 33.1. The zero-order chi connectivity index (χ0) is 53.0. The van der Waals surface area contributed by atoms with Crippen molar-refractivity contribution < 1.29 is 40.5 Å². The monoisotopic (exact) mass is 1070 g/mol. The van der Waals surface area contributed by atoms with E-state index >= 15 is 4.79 Å². The van der Waals surface area contributed by atoms with Crippen molar-refractivity contribution in [3.05, 3.63) is 52.7 Å². The van der Waals surface area contributed by atoms with Gasteiger partial charge in [0.15, 0.2) is 11.7 Å². The molecule has 4 bridgehead atoms. The number of imidazole rings is 1. The standard InChI is InChI=1S/C59H90N6O8S2/c1-32(68)64-54(60)63-27-34-24-58(30-67)40-22-41(59(58,73)42-23-43(69)50-39(28-61-5)52(71)44(70)26-56(50,4)48(34)42)45(14-10-20-66)75-74-29-35(65-19-18-62-31-65)25-55(2,3)51-37-13-9-17-57(15-6-7-16-57)49(37)36-12-8-11-33-21-38(40)53(72)47(51)46(33)36/h18-19,23,31-35,38-41,44-45,47-50,52-53,61,66-68,70-73H,6-17,20-22,24-30H2,1-5H3,(H3,60,63,64)/t32-,33+,34-,35+,38+,39-,40-,41-,44+,45+,47-,48+,49-,50+,52-,53+,56-,58+,59-/m1/s1. The summed E-state index contributed by atoms with van der Waals surface area (Å²) < 4.78 is 2.28. The van der Waals surface area contributed by atoms with Gasteiger partial charge in [-0.2, -0.15) is 0 Å². The van der Waals surface area contributed by atoms with Gasteiger partial charge in [0.05, 0.1) is 36.8 Å². The quantitative estimate of drug-likeness (QED) is 0.0398. The Kier molecular flexibility index (Phi) is 15.1. The Labute approximate surface area is 453 Å². The third-order valence-corrected chi connectivity index (χ3v) is 25.6. The number of aliphatic hydroxyl groups excluding tert-OH is 6. The fraction of sp³-hybridized carbons (Fsp3) is 0.814. The molecule has 19 atom stereocenters. The Balaban J connectivity index is 1.14. The lowest BCUT2D eigenvalue weighted by Crippen LogP contribution is -2.69. The number of carbonyl (C=O) groups excluding carboxylic acids is 1. The number of aliphatic hydroxyl groups is 7. The molecule has 75 heavy (non-hydrogen) atoms. The van der Waals surface area contributed by atoms with Crippen LogP contribution in [-0.2, 0) is 4.79 Å². The molecule has 0 unspecified atom stereocenters. The van der Waals surface area contributed by atoms with Crippen molar-refractivity contribution in [1.82, 2.24) is 20.2 Å². The Morgan fingerprint density at radius 3 is 2.45 bits per heavy atom. The zero-order valence-electron chi connectivity index (χ0n) is 45.4. The lowest BCUT2D eigenvalue weighted by Gasteiger charge is -2.65. The lowest BCUT2D eigenvalue weighted by molar-refractivity contribution is -0.195. The first-order chi connectivity index (χ1) is 35.9. The number of carbonyl (C=O) groups is 1. The lowest BCUT2D eigenvalue weighted by atomic mass is 9.40. The fourth-order valence-corrected chi connectivity index (χ4v) is 23.6. The largest absolute Gasteiger partial charge is 0.396 e. The average molecular weight is 1080 g/mol. The number of fused-ring (bicyclic) bond motifs is 14. The molecule has 416 valence electrons. The molecule has 14 nitrogen and oxygen atoms in total. The van der Waals surface area contributed by atoms with E-state index in [4.69, 9.17) is 10.7 Å². The van der Waals surface area contributed by atoms with Crippen LogP contribution in [0.1, 0.15) is 143 Å². The molecule has 7 fully saturated rings. The van der Waals surface area contributed by atoms with Gasteiger partial charge >= 0.3 is 0 Å². The van der Waals surface area contributed by atoms with Crippen molar-refractivity contribution in [1.29, 1.82) is 0 Å². The predicted molar refractivity (Wildman–Crippen MR) is 295 cm³/mol. The summed E-state index contributed by atoms with van der Waals surface area (Å²) >= 11 is 0. The molecule has 0 amide bonds. The van der Waals surface area contributed by atoms with Crippen LogP contribution in [-0.4, -0.2) is 132 Å². The van der Waals surface area contributed by atoms with Crippen LogP contribution in [0.5, 0.6) is 0 Å². The summed E-state index contributed by atoms with van der Waals surface area (Å²) in [5, 5.41) is 92.3. The van der Waals surface area contributed by atoms with Crippen LogP contribution >= 0.6 is 21.6 Å². The molecule has 10 aliphatic rings. The number of nitrogens with two attached hydrogens (primary N) is 1. The highest BCUT2D eigenvalue weighted by molar-refractivity contribution is 8.76. The summed E-state index contributed by atoms with van der Waals surface area (Å²) in [6.45, 7) is 8.63. The van der Waals surface area contributed by atoms with Gasteiger partial charge in [-0.3, -0.25) is 9.79 Å². The first kappa shape index (κ1) is 54.7. The molecule has 1 saturated heterocycles. The van der Waals surface area contributed by atoms with Gasteiger partial charge in [0.25, 0.3) is 0 Å². The number of aromatic nitrogens is 2. The molecule has 11 rings (SSSR count). The summed E-state index contributed by atoms with van der Waals surface area (Å²) in [6.07, 6.45) is 19.2. The minimum Gasteiger partial charge on any atom is -0.396 e. The summed E-state index contributed by atoms with van der Waals surface area (Å²) in [5.41, 5.74) is 9.40. The molecule has 1 spiro atoms. The van der Waals surface area contributed by atoms with Crippen LogP contribution < -0.4 is 16.4 Å². The van der Waals surface area contributed by atoms with Gasteiger partial charge in [0.1, 0.15) is 6.23 Å². The third kappa shape index (κ3) is 8.58. The van der Waals surface area contributed by atoms with Gasteiger partial charge in [-0.15, -0.1) is 0 Å². The first-order valence-electron chi connectivity index (χ1n) is 29.2. The van der Waals surface area contributed by atoms with Gasteiger partial charge in [-0.1, -0.05) is 77.5 Å². The van der Waals surface area contributed by atoms with Gasteiger partial charge < -0.3 is 56.7 Å². The summed E-state index contributed by atoms with van der Waals surface area (Å²) in [5.74, 6) is -2.21. The van der Waals surface area contributed by atoms with Crippen LogP contribution in [0.2, 0.25) is 0 Å². The summed E-state index contributed by atoms with van der Waals surface area (Å²) in [7, 11) is 5.38. The summed E-state index contributed by atoms with van der Waals surface area (Å²) in [4.78, 5) is 24.9. The molecular weight excluding hydrogens is 985 g/mol. The summed E-state index contributed by atoms with van der Waals surface area (Å²) in [6, 6.07) is 0.0762. The van der Waals surface area contributed by atoms with Crippen molar-refractivity contribution in [2.45, 2.75) is 178 Å². The zero-order valence-corrected chi connectivity index (χ0v) is 47.0. The molecule has 9 aliphatic carbocycles. The Hall–Kier alpha value is -2.25. The van der Waals surface area contributed by atoms with E-state index in [0.29, 0.717) is 43.7 Å². The van der Waals surface area contributed by atoms with Crippen LogP contribution in [0, 0.1) is 80.8 Å². The van der Waals surface area contributed by atoms with Gasteiger partial charge in [0, 0.05) is 84.1 Å². The van der Waals surface area contributed by atoms with E-state index in [2.05, 4.69) is 47.2 Å². The Morgan fingerprint density at radius 2 is 1.75 bits per heavy atom. The highest BCUT2D eigenvalue weighted by Gasteiger charge is 2.76. The number of hydrogen-bond acceptors (Lipinski definition) is 13. The Morgan fingerprint density at radius 1 is 0.987 bits per heavy atom. The van der Waals surface area contributed by atoms with E-state index in [-0.39, 0.29) is 83.7 Å². The average Bonchev–Trinajstić information content (AvgIpc) is 4.24. The number of aliphatic imine (C=N–C) groups is 1. The van der Waals surface area contributed by atoms with Crippen molar-refractivity contribution >= 4 is 33.3 Å². The molecule has 6 saturated carbocycles. The smallest absolute Gasteiger partial charge is 0.190 e. The Bertz CT molecular complexity index is 2420. The number of allylic oxidation sites excluding steroid dienone is 3. The number of nitrogens with one attached hydrogen (secondary N) is 2. The van der Waals surface area contributed by atoms with E-state index in [1.165, 1.54) is 49.7 Å². The number of hydrogen-bond donors (Lipinski definition) is 10. The van der Waals surface area contributed by atoms with Crippen molar-refractivity contribution in [3.63, 3.8) is 0 Å². The minimum atomic E-state index is -1.74. The highest BCUT2D eigenvalue weighted by Crippen LogP contribution is 2.75. The number of ketones is 1. The van der Waals surface area contributed by atoms with Crippen LogP contribution in [0.3, 0.4) is 0 Å². The molecule has 0 radical (unpaired) electrons. The molecule has 0 aromatic carbocycles. The molecule has 2 heterocycles. The fourth-order valence-electron chi connectivity index (χ4n) is 20.3. The van der Waals surface area contributed by atoms with E-state index in [0.717, 1.165) is 44.3 Å². The van der Waals surface area contributed by atoms with E-state index in [9.17, 15) is 35.7 Å². The molecule has 1 aromatic rings. The van der Waals surface area contributed by atoms with Crippen LogP contribution in [0.4, 0.5) is 0 Å². The normalized spacial score (nSPS) is 44.5. The maximum atomic E-state index is 15.4. The third-order valence-electron chi connectivity index (χ3n) is 22.6. The van der Waals surface area contributed by atoms with Gasteiger partial charge in [0.2, 0.25) is 0 Å². The predicted octanol–water partition coefficient (Wildman–Crippen LogP) is 6.46. The van der Waals surface area contributed by atoms with Crippen molar-refractivity contribution in [3.8, 4) is 0 Å². The SMILES string of the molecule is CNC[C@H]1[C@@H](O)[C@@H](O)C[C@]2(C)[C@@H]3C(=CC(=O)[C@H]12)[C@]1(O)[C@@H]2C[C@H]([C@@H]4C[C@@H]5CCCC6=C5[C@H](C(=C5CCCC7(CCCC7)[C@H]65)C(C)(C)C[C@H](n5ccnc5)CSS[C@H]2CCCO)[C@H]4O)[C@@]1(CO)C[C@@H]3CN=C(N)N[C@@H](C)O. The minimum absolute atomic E-state index is 0.0201. The van der Waals surface area contributed by atoms with Gasteiger partial charge in [-0.25, -0.2) is 4.98 Å². The van der Waals surface area contributed by atoms with Crippen LogP contribution in [0.25, 0.3) is 0 Å². The van der Waals surface area contributed by atoms with Gasteiger partial charge in [-0.05, 0) is 168 Å². The first-order valence-corrected chi connectivity index (χ1v) is 31.6. The van der Waals surface area contributed by atoms with E-state index < -0.39 is 70.6 Å².